The quantitative estimate of drug-likeness (QED) is 0.483. The maximum Gasteiger partial charge on any atom is 0.335 e. The number of carboxylic acids is 1. The second-order valence-electron chi connectivity index (χ2n) is 7.55. The minimum atomic E-state index is -1.02. The number of allylic oxidation sites excluding steroid dienone is 1. The Bertz CT molecular complexity index is 1200. The third kappa shape index (κ3) is 4.20. The van der Waals surface area contributed by atoms with Crippen LogP contribution < -0.4 is 5.73 Å². The molecule has 1 unspecified atom stereocenters. The van der Waals surface area contributed by atoms with Crippen LogP contribution in [0.3, 0.4) is 0 Å². The number of nitrogens with two attached hydrogens (primary N) is 1. The molecule has 2 aliphatic rings. The third-order valence-electron chi connectivity index (χ3n) is 5.59. The molecule has 5 nitrogen and oxygen atoms in total. The third-order valence-corrected chi connectivity index (χ3v) is 8.56. The fraction of sp³-hybridized carbons (Fsp3) is 0.200. The van der Waals surface area contributed by atoms with Gasteiger partial charge in [-0.25, -0.2) is 9.18 Å². The molecule has 4 rings (SSSR count). The fourth-order valence-electron chi connectivity index (χ4n) is 3.99. The summed E-state index contributed by atoms with van der Waals surface area (Å²) in [6.45, 7) is 2.94. The molecule has 0 bridgehead atoms. The fourth-order valence-corrected chi connectivity index (χ4v) is 7.05. The van der Waals surface area contributed by atoms with Gasteiger partial charge in [-0.2, -0.15) is 10.9 Å². The minimum absolute atomic E-state index is 0.00897. The molecule has 2 aromatic carbocycles. The molecular formula is C25H22FNO4S. The van der Waals surface area contributed by atoms with Crippen LogP contribution in [0, 0.1) is 17.7 Å². The molecule has 2 heterocycles. The van der Waals surface area contributed by atoms with E-state index in [0.717, 1.165) is 16.0 Å². The molecular weight excluding hydrogens is 429 g/mol. The van der Waals surface area contributed by atoms with Crippen molar-refractivity contribution in [1.29, 1.82) is 0 Å². The first-order valence-corrected chi connectivity index (χ1v) is 11.5. The number of amides is 1. The molecule has 2 atom stereocenters. The van der Waals surface area contributed by atoms with E-state index < -0.39 is 22.8 Å². The highest BCUT2D eigenvalue weighted by Gasteiger charge is 2.37. The van der Waals surface area contributed by atoms with E-state index in [9.17, 15) is 19.1 Å². The van der Waals surface area contributed by atoms with Gasteiger partial charge in [-0.05, 0) is 46.9 Å². The number of thiol groups is 1. The van der Waals surface area contributed by atoms with Crippen molar-refractivity contribution in [3.05, 3.63) is 92.0 Å². The number of carboxylic acid groups (broad SMARTS) is 1. The van der Waals surface area contributed by atoms with Crippen molar-refractivity contribution in [2.24, 2.45) is 5.73 Å². The van der Waals surface area contributed by atoms with Crippen molar-refractivity contribution < 1.29 is 23.8 Å². The lowest BCUT2D eigenvalue weighted by Gasteiger charge is -2.30. The average Bonchev–Trinajstić information content (AvgIpc) is 3.12. The molecule has 1 amide bonds. The summed E-state index contributed by atoms with van der Waals surface area (Å²) in [7, 11) is -1.02. The first kappa shape index (κ1) is 21.9. The molecule has 0 radical (unpaired) electrons. The molecule has 2 aromatic rings. The maximum atomic E-state index is 13.3. The van der Waals surface area contributed by atoms with Gasteiger partial charge in [-0.15, -0.1) is 0 Å². The van der Waals surface area contributed by atoms with Crippen LogP contribution in [0.25, 0.3) is 0 Å². The second kappa shape index (κ2) is 9.03. The average molecular weight is 452 g/mol. The molecule has 0 saturated heterocycles. The van der Waals surface area contributed by atoms with Crippen LogP contribution in [0.2, 0.25) is 0 Å². The Morgan fingerprint density at radius 2 is 1.81 bits per heavy atom. The van der Waals surface area contributed by atoms with Gasteiger partial charge in [0.15, 0.2) is 0 Å². The van der Waals surface area contributed by atoms with Crippen molar-refractivity contribution in [3.8, 4) is 11.8 Å². The Hall–Kier alpha value is -3.34. The zero-order chi connectivity index (χ0) is 22.8. The Balaban J connectivity index is 1.79. The van der Waals surface area contributed by atoms with E-state index in [1.807, 2.05) is 12.1 Å². The zero-order valence-electron chi connectivity index (χ0n) is 17.4. The number of carbonyl (C=O) groups excluding carboxylic acids is 1. The van der Waals surface area contributed by atoms with Gasteiger partial charge in [0.05, 0.1) is 29.3 Å². The summed E-state index contributed by atoms with van der Waals surface area (Å²) >= 11 is 0. The van der Waals surface area contributed by atoms with Crippen LogP contribution in [0.1, 0.15) is 40.1 Å². The molecule has 0 aliphatic carbocycles. The molecule has 32 heavy (non-hydrogen) atoms. The molecule has 3 N–H and O–H groups in total. The van der Waals surface area contributed by atoms with Gasteiger partial charge < -0.3 is 15.6 Å². The normalized spacial score (nSPS) is 19.8. The van der Waals surface area contributed by atoms with Crippen LogP contribution in [-0.4, -0.2) is 30.2 Å². The Labute approximate surface area is 188 Å². The van der Waals surface area contributed by atoms with E-state index in [2.05, 4.69) is 18.8 Å². The molecule has 164 valence electrons. The second-order valence-corrected chi connectivity index (χ2v) is 10.0. The summed E-state index contributed by atoms with van der Waals surface area (Å²) in [6, 6.07) is 12.7. The monoisotopic (exact) mass is 451 g/mol. The topological polar surface area (TPSA) is 89.6 Å². The SMILES string of the molecule is C[C@@H](c1ccc(C(=O)O)cc1)[SH]1C(C#Cc2ccc(F)cc2)=C(C(N)=O)C2=C1CCOC2. The molecule has 7 heteroatoms. The van der Waals surface area contributed by atoms with E-state index in [-0.39, 0.29) is 16.6 Å². The molecule has 0 spiro atoms. The predicted octanol–water partition coefficient (Wildman–Crippen LogP) is 4.07. The maximum absolute atomic E-state index is 13.3. The summed E-state index contributed by atoms with van der Waals surface area (Å²) in [4.78, 5) is 25.5. The summed E-state index contributed by atoms with van der Waals surface area (Å²) in [6.07, 6.45) is 0.692. The number of hydrogen-bond donors (Lipinski definition) is 3. The Kier molecular flexibility index (Phi) is 6.17. The Morgan fingerprint density at radius 1 is 1.12 bits per heavy atom. The van der Waals surface area contributed by atoms with Gasteiger partial charge in [-0.1, -0.05) is 30.9 Å². The van der Waals surface area contributed by atoms with Crippen molar-refractivity contribution in [3.63, 3.8) is 0 Å². The predicted molar refractivity (Wildman–Crippen MR) is 123 cm³/mol. The van der Waals surface area contributed by atoms with Crippen molar-refractivity contribution in [2.45, 2.75) is 18.6 Å². The van der Waals surface area contributed by atoms with Crippen molar-refractivity contribution in [2.75, 3.05) is 13.2 Å². The van der Waals surface area contributed by atoms with Crippen molar-refractivity contribution >= 4 is 22.8 Å². The summed E-state index contributed by atoms with van der Waals surface area (Å²) in [5, 5.41) is 9.19. The summed E-state index contributed by atoms with van der Waals surface area (Å²) in [5.74, 6) is 4.38. The number of benzene rings is 2. The summed E-state index contributed by atoms with van der Waals surface area (Å²) < 4.78 is 18.9. The first-order valence-electron chi connectivity index (χ1n) is 10.1. The lowest BCUT2D eigenvalue weighted by atomic mass is 10.0. The number of primary amides is 1. The van der Waals surface area contributed by atoms with Crippen LogP contribution in [0.4, 0.5) is 4.39 Å². The first-order chi connectivity index (χ1) is 15.4. The van der Waals surface area contributed by atoms with Gasteiger partial charge in [0, 0.05) is 22.8 Å². The molecule has 0 aromatic heterocycles. The van der Waals surface area contributed by atoms with Crippen LogP contribution in [0.5, 0.6) is 0 Å². The minimum Gasteiger partial charge on any atom is -0.478 e. The van der Waals surface area contributed by atoms with Gasteiger partial charge in [0.2, 0.25) is 0 Å². The highest BCUT2D eigenvalue weighted by molar-refractivity contribution is 8.24. The van der Waals surface area contributed by atoms with Gasteiger partial charge in [0.1, 0.15) is 5.82 Å². The van der Waals surface area contributed by atoms with Crippen molar-refractivity contribution in [1.82, 2.24) is 0 Å². The zero-order valence-corrected chi connectivity index (χ0v) is 18.3. The molecule has 0 saturated carbocycles. The van der Waals surface area contributed by atoms with E-state index in [1.165, 1.54) is 12.1 Å². The van der Waals surface area contributed by atoms with Gasteiger partial charge in [-0.3, -0.25) is 4.79 Å². The van der Waals surface area contributed by atoms with E-state index >= 15 is 0 Å². The van der Waals surface area contributed by atoms with E-state index in [4.69, 9.17) is 10.5 Å². The number of halogens is 1. The highest BCUT2D eigenvalue weighted by atomic mass is 32.2. The smallest absolute Gasteiger partial charge is 0.335 e. The summed E-state index contributed by atoms with van der Waals surface area (Å²) in [5.41, 5.74) is 8.85. The van der Waals surface area contributed by atoms with Gasteiger partial charge in [0.25, 0.3) is 5.91 Å². The standard InChI is InChI=1S/C25H22FNO4S/c1-15(17-5-7-18(8-6-17)25(29)30)32-21-12-13-31-14-20(21)23(24(27)28)22(32)11-4-16-2-9-19(26)10-3-16/h2-3,5-10,15,32H,12-14H2,1H3,(H2,27,28)(H,29,30)/t15-/m0/s1. The Morgan fingerprint density at radius 3 is 2.44 bits per heavy atom. The van der Waals surface area contributed by atoms with E-state index in [0.29, 0.717) is 35.7 Å². The lowest BCUT2D eigenvalue weighted by molar-refractivity contribution is -0.114. The van der Waals surface area contributed by atoms with Gasteiger partial charge >= 0.3 is 5.97 Å². The molecule has 2 aliphatic heterocycles. The number of carbonyl (C=O) groups is 2. The van der Waals surface area contributed by atoms with Crippen LogP contribution in [0.15, 0.2) is 69.5 Å². The highest BCUT2D eigenvalue weighted by Crippen LogP contribution is 2.63. The van der Waals surface area contributed by atoms with E-state index in [1.54, 1.807) is 24.3 Å². The van der Waals surface area contributed by atoms with Crippen LogP contribution >= 0.6 is 10.9 Å². The number of hydrogen-bond acceptors (Lipinski definition) is 3. The largest absolute Gasteiger partial charge is 0.478 e. The van der Waals surface area contributed by atoms with Crippen LogP contribution in [-0.2, 0) is 9.53 Å². The number of ether oxygens (including phenoxy) is 1. The lowest BCUT2D eigenvalue weighted by Crippen LogP contribution is -2.19. The number of rotatable bonds is 4. The molecule has 0 fully saturated rings. The number of aromatic carboxylic acids is 1.